The second kappa shape index (κ2) is 11.2. The Morgan fingerprint density at radius 3 is 2.19 bits per heavy atom. The average molecular weight is 485 g/mol. The van der Waals surface area contributed by atoms with E-state index < -0.39 is 11.6 Å². The summed E-state index contributed by atoms with van der Waals surface area (Å²) < 4.78 is 10.6. The summed E-state index contributed by atoms with van der Waals surface area (Å²) >= 11 is 0. The largest absolute Gasteiger partial charge is 0.462 e. The number of amidine groups is 1. The number of nitrogens with zero attached hydrogens (tertiary/aromatic N) is 2. The quantitative estimate of drug-likeness (QED) is 0.265. The van der Waals surface area contributed by atoms with Crippen LogP contribution in [0.15, 0.2) is 89.9 Å². The van der Waals surface area contributed by atoms with Crippen LogP contribution in [0.2, 0.25) is 0 Å². The van der Waals surface area contributed by atoms with Crippen molar-refractivity contribution >= 4 is 29.1 Å². The van der Waals surface area contributed by atoms with Gasteiger partial charge in [0.25, 0.3) is 0 Å². The van der Waals surface area contributed by atoms with E-state index in [1.54, 1.807) is 12.1 Å². The summed E-state index contributed by atoms with van der Waals surface area (Å²) in [6.45, 7) is 5.65. The van der Waals surface area contributed by atoms with Gasteiger partial charge in [0.2, 0.25) is 0 Å². The van der Waals surface area contributed by atoms with Crippen molar-refractivity contribution in [2.24, 2.45) is 4.99 Å². The van der Waals surface area contributed by atoms with Gasteiger partial charge >= 0.3 is 11.9 Å². The zero-order valence-corrected chi connectivity index (χ0v) is 21.0. The highest BCUT2D eigenvalue weighted by Crippen LogP contribution is 2.40. The highest BCUT2D eigenvalue weighted by atomic mass is 16.6. The van der Waals surface area contributed by atoms with Crippen molar-refractivity contribution in [1.82, 2.24) is 0 Å². The minimum absolute atomic E-state index is 0.133. The molecule has 0 N–H and O–H groups in total. The molecule has 0 amide bonds. The number of hydrogen-bond acceptors (Lipinski definition) is 5. The Morgan fingerprint density at radius 2 is 1.56 bits per heavy atom. The number of benzene rings is 3. The molecule has 6 nitrogen and oxygen atoms in total. The third kappa shape index (κ3) is 6.60. The molecular formula is C30H32N2O4. The third-order valence-electron chi connectivity index (χ3n) is 5.72. The first-order valence-electron chi connectivity index (χ1n) is 12.3. The molecular weight excluding hydrogens is 452 g/mol. The van der Waals surface area contributed by atoms with E-state index in [0.29, 0.717) is 12.0 Å². The average Bonchev–Trinajstić information content (AvgIpc) is 2.84. The molecule has 0 saturated carbocycles. The summed E-state index contributed by atoms with van der Waals surface area (Å²) in [4.78, 5) is 31.3. The van der Waals surface area contributed by atoms with Crippen LogP contribution in [0, 0.1) is 0 Å². The van der Waals surface area contributed by atoms with Gasteiger partial charge < -0.3 is 14.4 Å². The second-order valence-electron chi connectivity index (χ2n) is 9.74. The number of ether oxygens (including phenoxy) is 2. The molecule has 3 aromatic carbocycles. The number of rotatable bonds is 8. The molecule has 6 heteroatoms. The number of hydrogen-bond donors (Lipinski definition) is 0. The molecule has 3 aromatic rings. The van der Waals surface area contributed by atoms with Gasteiger partial charge in [-0.25, -0.2) is 9.79 Å². The van der Waals surface area contributed by atoms with Crippen molar-refractivity contribution in [2.45, 2.75) is 51.7 Å². The Hall–Kier alpha value is -3.93. The lowest BCUT2D eigenvalue weighted by atomic mass is 9.91. The fourth-order valence-corrected chi connectivity index (χ4v) is 4.06. The van der Waals surface area contributed by atoms with Crippen LogP contribution in [0.5, 0.6) is 0 Å². The first-order chi connectivity index (χ1) is 17.3. The van der Waals surface area contributed by atoms with Gasteiger partial charge in [-0.05, 0) is 69.2 Å². The van der Waals surface area contributed by atoms with Gasteiger partial charge in [0.1, 0.15) is 11.4 Å². The van der Waals surface area contributed by atoms with Crippen LogP contribution in [0.4, 0.5) is 11.4 Å². The Bertz CT molecular complexity index is 1200. The molecule has 0 aliphatic carbocycles. The van der Waals surface area contributed by atoms with Gasteiger partial charge in [0, 0.05) is 18.5 Å². The van der Waals surface area contributed by atoms with E-state index in [1.165, 1.54) is 0 Å². The van der Waals surface area contributed by atoms with E-state index >= 15 is 0 Å². The summed E-state index contributed by atoms with van der Waals surface area (Å²) in [5.74, 6) is 0.318. The highest BCUT2D eigenvalue weighted by Gasteiger charge is 2.36. The van der Waals surface area contributed by atoms with Crippen LogP contribution in [-0.2, 0) is 14.3 Å². The van der Waals surface area contributed by atoms with Crippen molar-refractivity contribution in [3.63, 3.8) is 0 Å². The van der Waals surface area contributed by atoms with Crippen LogP contribution in [0.1, 0.15) is 62.0 Å². The molecule has 186 valence electrons. The van der Waals surface area contributed by atoms with E-state index in [2.05, 4.69) is 17.0 Å². The number of esters is 2. The lowest BCUT2D eigenvalue weighted by molar-refractivity contribution is -0.155. The molecule has 0 radical (unpaired) electrons. The molecule has 1 unspecified atom stereocenters. The molecule has 0 aromatic heterocycles. The van der Waals surface area contributed by atoms with Crippen LogP contribution < -0.4 is 4.90 Å². The minimum atomic E-state index is -0.514. The molecule has 1 aliphatic rings. The maximum Gasteiger partial charge on any atom is 0.338 e. The van der Waals surface area contributed by atoms with E-state index in [-0.39, 0.29) is 25.0 Å². The fourth-order valence-electron chi connectivity index (χ4n) is 4.06. The highest BCUT2D eigenvalue weighted by molar-refractivity contribution is 6.06. The van der Waals surface area contributed by atoms with E-state index in [9.17, 15) is 9.59 Å². The third-order valence-corrected chi connectivity index (χ3v) is 5.72. The molecule has 1 heterocycles. The zero-order valence-electron chi connectivity index (χ0n) is 21.0. The first kappa shape index (κ1) is 25.2. The Labute approximate surface area is 212 Å². The number of para-hydroxylation sites is 2. The number of carbonyl (C=O) groups excluding carboxylic acids is 2. The molecule has 1 saturated heterocycles. The molecule has 0 spiro atoms. The van der Waals surface area contributed by atoms with Gasteiger partial charge in [-0.1, -0.05) is 48.5 Å². The Kier molecular flexibility index (Phi) is 7.84. The lowest BCUT2D eigenvalue weighted by Crippen LogP contribution is -2.46. The maximum absolute atomic E-state index is 12.5. The number of aliphatic imine (C=N–C) groups is 1. The summed E-state index contributed by atoms with van der Waals surface area (Å²) in [6.07, 6.45) is 1.45. The second-order valence-corrected chi connectivity index (χ2v) is 9.74. The lowest BCUT2D eigenvalue weighted by Gasteiger charge is -2.44. The fraction of sp³-hybridized carbons (Fsp3) is 0.300. The van der Waals surface area contributed by atoms with Crippen LogP contribution in [0.3, 0.4) is 0 Å². The molecule has 1 fully saturated rings. The van der Waals surface area contributed by atoms with Gasteiger partial charge in [-0.15, -0.1) is 0 Å². The maximum atomic E-state index is 12.5. The Balaban J connectivity index is 1.37. The van der Waals surface area contributed by atoms with Crippen molar-refractivity contribution in [2.75, 3.05) is 11.5 Å². The van der Waals surface area contributed by atoms with Gasteiger partial charge in [-0.2, -0.15) is 0 Å². The normalized spacial score (nSPS) is 16.4. The van der Waals surface area contributed by atoms with Crippen molar-refractivity contribution in [3.05, 3.63) is 96.1 Å². The zero-order chi connectivity index (χ0) is 25.5. The first-order valence-corrected chi connectivity index (χ1v) is 12.3. The number of carbonyl (C=O) groups is 2. The molecule has 36 heavy (non-hydrogen) atoms. The Morgan fingerprint density at radius 1 is 0.917 bits per heavy atom. The van der Waals surface area contributed by atoms with Crippen LogP contribution >= 0.6 is 0 Å². The number of anilines is 1. The van der Waals surface area contributed by atoms with E-state index in [0.717, 1.165) is 29.2 Å². The van der Waals surface area contributed by atoms with E-state index in [1.807, 2.05) is 81.4 Å². The smallest absolute Gasteiger partial charge is 0.338 e. The van der Waals surface area contributed by atoms with Gasteiger partial charge in [0.05, 0.1) is 23.9 Å². The summed E-state index contributed by atoms with van der Waals surface area (Å²) in [7, 11) is 0. The van der Waals surface area contributed by atoms with Gasteiger partial charge in [-0.3, -0.25) is 4.79 Å². The van der Waals surface area contributed by atoms with Crippen molar-refractivity contribution < 1.29 is 19.1 Å². The minimum Gasteiger partial charge on any atom is -0.462 e. The van der Waals surface area contributed by atoms with Crippen molar-refractivity contribution in [3.8, 4) is 0 Å². The van der Waals surface area contributed by atoms with Gasteiger partial charge in [0.15, 0.2) is 0 Å². The standard InChI is InChI=1S/C30H32N2O4/c1-30(2,3)36-28(33)15-10-20-35-29(34)23-18-16-22(17-19-23)26-21-27(31-24-11-6-4-7-12-24)32(26)25-13-8-5-9-14-25/h4-9,11-14,16-19,26H,10,15,20-21H2,1-3H3. The predicted octanol–water partition coefficient (Wildman–Crippen LogP) is 6.65. The van der Waals surface area contributed by atoms with Crippen molar-refractivity contribution in [1.29, 1.82) is 0 Å². The summed E-state index contributed by atoms with van der Waals surface area (Å²) in [6, 6.07) is 27.8. The SMILES string of the molecule is CC(C)(C)OC(=O)CCCOC(=O)c1ccc(C2CC(=Nc3ccccc3)N2c2ccccc2)cc1. The predicted molar refractivity (Wildman–Crippen MR) is 142 cm³/mol. The molecule has 1 aliphatic heterocycles. The summed E-state index contributed by atoms with van der Waals surface area (Å²) in [5.41, 5.74) is 3.08. The van der Waals surface area contributed by atoms with E-state index in [4.69, 9.17) is 14.5 Å². The van der Waals surface area contributed by atoms with Crippen LogP contribution in [-0.4, -0.2) is 30.0 Å². The monoisotopic (exact) mass is 484 g/mol. The molecule has 1 atom stereocenters. The summed E-state index contributed by atoms with van der Waals surface area (Å²) in [5, 5.41) is 0. The molecule has 4 rings (SSSR count). The van der Waals surface area contributed by atoms with Crippen LogP contribution in [0.25, 0.3) is 0 Å². The topological polar surface area (TPSA) is 68.2 Å². The molecule has 0 bridgehead atoms.